The second-order valence-corrected chi connectivity index (χ2v) is 2.19. The van der Waals surface area contributed by atoms with Crippen molar-refractivity contribution < 1.29 is 4.74 Å². The number of hydrogen-bond donors (Lipinski definition) is 0. The predicted molar refractivity (Wildman–Crippen MR) is 46.5 cm³/mol. The predicted octanol–water partition coefficient (Wildman–Crippen LogP) is 2.53. The molecule has 11 heavy (non-hydrogen) atoms. The van der Waals surface area contributed by atoms with Gasteiger partial charge in [0.15, 0.2) is 0 Å². The highest BCUT2D eigenvalue weighted by atomic mass is 16.5. The quantitative estimate of drug-likeness (QED) is 0.624. The minimum atomic E-state index is 0.778. The van der Waals surface area contributed by atoms with Crippen LogP contribution in [-0.4, -0.2) is 7.11 Å². The van der Waals surface area contributed by atoms with E-state index in [0.29, 0.717) is 0 Å². The molecule has 0 heterocycles. The smallest absolute Gasteiger partial charge is 0.127 e. The first-order chi connectivity index (χ1) is 5.36. The molecule has 0 saturated heterocycles. The third-order valence-corrected chi connectivity index (χ3v) is 1.38. The average molecular weight is 147 g/mol. The van der Waals surface area contributed by atoms with E-state index in [1.165, 1.54) is 0 Å². The molecule has 0 N–H and O–H groups in total. The highest BCUT2D eigenvalue weighted by molar-refractivity contribution is 5.50. The van der Waals surface area contributed by atoms with Gasteiger partial charge in [-0.05, 0) is 24.6 Å². The zero-order chi connectivity index (χ0) is 8.10. The molecule has 1 radical (unpaired) electrons. The molecule has 0 aliphatic heterocycles. The average Bonchev–Trinajstić information content (AvgIpc) is 2.06. The van der Waals surface area contributed by atoms with E-state index in [4.69, 9.17) is 4.74 Å². The summed E-state index contributed by atoms with van der Waals surface area (Å²) in [5, 5.41) is 0. The Morgan fingerprint density at radius 2 is 2.36 bits per heavy atom. The molecule has 0 fully saturated rings. The largest absolute Gasteiger partial charge is 0.496 e. The summed E-state index contributed by atoms with van der Waals surface area (Å²) < 4.78 is 5.01. The van der Waals surface area contributed by atoms with Crippen molar-refractivity contribution in [3.05, 3.63) is 35.9 Å². The Balaban J connectivity index is 2.91. The highest BCUT2D eigenvalue weighted by Crippen LogP contribution is 2.12. The fourth-order valence-electron chi connectivity index (χ4n) is 0.875. The van der Waals surface area contributed by atoms with Crippen LogP contribution in [-0.2, 0) is 0 Å². The van der Waals surface area contributed by atoms with E-state index >= 15 is 0 Å². The van der Waals surface area contributed by atoms with Crippen molar-refractivity contribution in [3.8, 4) is 5.75 Å². The van der Waals surface area contributed by atoms with Crippen LogP contribution in [0.15, 0.2) is 24.3 Å². The van der Waals surface area contributed by atoms with E-state index in [9.17, 15) is 0 Å². The van der Waals surface area contributed by atoms with Crippen molar-refractivity contribution in [2.24, 2.45) is 0 Å². The summed E-state index contributed by atoms with van der Waals surface area (Å²) in [6.45, 7) is 1.99. The molecule has 0 bridgehead atoms. The number of methoxy groups -OCH3 is 1. The van der Waals surface area contributed by atoms with Crippen LogP contribution in [0.25, 0.3) is 6.08 Å². The normalized spacial score (nSPS) is 10.4. The topological polar surface area (TPSA) is 9.23 Å². The molecule has 0 saturated carbocycles. The molecule has 57 valence electrons. The van der Waals surface area contributed by atoms with Crippen LogP contribution < -0.4 is 4.74 Å². The van der Waals surface area contributed by atoms with E-state index in [1.807, 2.05) is 37.3 Å². The molecule has 0 unspecified atom stereocenters. The number of benzene rings is 1. The van der Waals surface area contributed by atoms with E-state index < -0.39 is 0 Å². The minimum absolute atomic E-state index is 0.778. The summed E-state index contributed by atoms with van der Waals surface area (Å²) in [6.07, 6.45) is 4.02. The summed E-state index contributed by atoms with van der Waals surface area (Å²) in [5.74, 6) is 0.778. The van der Waals surface area contributed by atoms with Crippen LogP contribution in [0.5, 0.6) is 5.75 Å². The number of rotatable bonds is 2. The summed E-state index contributed by atoms with van der Waals surface area (Å²) in [6, 6.07) is 8.75. The van der Waals surface area contributed by atoms with Gasteiger partial charge in [-0.2, -0.15) is 0 Å². The third-order valence-electron chi connectivity index (χ3n) is 1.38. The molecule has 1 heteroatoms. The maximum Gasteiger partial charge on any atom is 0.127 e. The maximum absolute atomic E-state index is 5.01. The molecule has 1 nitrogen and oxygen atoms in total. The molecule has 0 aliphatic rings. The van der Waals surface area contributed by atoms with Crippen LogP contribution >= 0.6 is 0 Å². The van der Waals surface area contributed by atoms with Gasteiger partial charge in [0.1, 0.15) is 5.75 Å². The summed E-state index contributed by atoms with van der Waals surface area (Å²) in [7, 11) is 1.64. The van der Waals surface area contributed by atoms with Gasteiger partial charge in [0.2, 0.25) is 0 Å². The Hall–Kier alpha value is -1.24. The van der Waals surface area contributed by atoms with Crippen molar-refractivity contribution >= 4 is 6.08 Å². The second kappa shape index (κ2) is 3.81. The number of ether oxygens (including phenoxy) is 1. The minimum Gasteiger partial charge on any atom is -0.496 e. The highest BCUT2D eigenvalue weighted by Gasteiger charge is 1.90. The zero-order valence-corrected chi connectivity index (χ0v) is 6.79. The van der Waals surface area contributed by atoms with E-state index in [-0.39, 0.29) is 0 Å². The van der Waals surface area contributed by atoms with Crippen molar-refractivity contribution in [2.75, 3.05) is 7.11 Å². The lowest BCUT2D eigenvalue weighted by atomic mass is 10.2. The standard InChI is InChI=1S/C10H11O/c1-3-5-9-6-4-7-10(8-9)11-2/h3-6,8H,1-2H3. The van der Waals surface area contributed by atoms with Crippen LogP contribution in [0.4, 0.5) is 0 Å². The lowest BCUT2D eigenvalue weighted by Gasteiger charge is -1.98. The summed E-state index contributed by atoms with van der Waals surface area (Å²) in [4.78, 5) is 0. The van der Waals surface area contributed by atoms with Gasteiger partial charge in [-0.1, -0.05) is 18.2 Å². The molecular weight excluding hydrogens is 136 g/mol. The Bertz CT molecular complexity index is 251. The van der Waals surface area contributed by atoms with E-state index in [1.54, 1.807) is 7.11 Å². The SMILES string of the molecule is CC=Cc1cc[c]c(OC)c1. The molecule has 1 aromatic carbocycles. The lowest BCUT2D eigenvalue weighted by molar-refractivity contribution is 0.414. The monoisotopic (exact) mass is 147 g/mol. The second-order valence-electron chi connectivity index (χ2n) is 2.19. The molecule has 1 aromatic rings. The first kappa shape index (κ1) is 7.86. The first-order valence-corrected chi connectivity index (χ1v) is 3.55. The maximum atomic E-state index is 5.01. The third kappa shape index (κ3) is 2.11. The molecule has 0 aromatic heterocycles. The molecular formula is C10H11O. The van der Waals surface area contributed by atoms with Crippen LogP contribution in [0.2, 0.25) is 0 Å². The molecule has 0 amide bonds. The van der Waals surface area contributed by atoms with Gasteiger partial charge >= 0.3 is 0 Å². The molecule has 0 aliphatic carbocycles. The van der Waals surface area contributed by atoms with E-state index in [2.05, 4.69) is 6.07 Å². The van der Waals surface area contributed by atoms with Crippen molar-refractivity contribution in [2.45, 2.75) is 6.92 Å². The zero-order valence-electron chi connectivity index (χ0n) is 6.79. The van der Waals surface area contributed by atoms with Gasteiger partial charge in [-0.3, -0.25) is 0 Å². The van der Waals surface area contributed by atoms with Crippen molar-refractivity contribution in [1.82, 2.24) is 0 Å². The van der Waals surface area contributed by atoms with Crippen LogP contribution in [0.3, 0.4) is 0 Å². The molecule has 1 rings (SSSR count). The van der Waals surface area contributed by atoms with Gasteiger partial charge < -0.3 is 4.74 Å². The van der Waals surface area contributed by atoms with Gasteiger partial charge in [-0.15, -0.1) is 0 Å². The molecule has 0 atom stereocenters. The Morgan fingerprint density at radius 1 is 1.55 bits per heavy atom. The van der Waals surface area contributed by atoms with Crippen molar-refractivity contribution in [3.63, 3.8) is 0 Å². The van der Waals surface area contributed by atoms with Gasteiger partial charge in [0.05, 0.1) is 7.11 Å². The Kier molecular flexibility index (Phi) is 2.73. The van der Waals surface area contributed by atoms with Gasteiger partial charge in [0.25, 0.3) is 0 Å². The Morgan fingerprint density at radius 3 is 3.00 bits per heavy atom. The number of hydrogen-bond acceptors (Lipinski definition) is 1. The summed E-state index contributed by atoms with van der Waals surface area (Å²) in [5.41, 5.74) is 1.14. The molecule has 0 spiro atoms. The first-order valence-electron chi connectivity index (χ1n) is 3.55. The van der Waals surface area contributed by atoms with Crippen LogP contribution in [0.1, 0.15) is 12.5 Å². The summed E-state index contributed by atoms with van der Waals surface area (Å²) >= 11 is 0. The van der Waals surface area contributed by atoms with Gasteiger partial charge in [-0.25, -0.2) is 0 Å². The number of allylic oxidation sites excluding steroid dienone is 1. The fourth-order valence-corrected chi connectivity index (χ4v) is 0.875. The fraction of sp³-hybridized carbons (Fsp3) is 0.200. The van der Waals surface area contributed by atoms with Gasteiger partial charge in [0, 0.05) is 6.07 Å². The van der Waals surface area contributed by atoms with E-state index in [0.717, 1.165) is 11.3 Å². The Labute approximate surface area is 67.3 Å². The lowest BCUT2D eigenvalue weighted by Crippen LogP contribution is -1.82. The van der Waals surface area contributed by atoms with Crippen LogP contribution in [0, 0.1) is 6.07 Å². The van der Waals surface area contributed by atoms with Crippen molar-refractivity contribution in [1.29, 1.82) is 0 Å².